The van der Waals surface area contributed by atoms with E-state index in [4.69, 9.17) is 26.4 Å². The predicted octanol–water partition coefficient (Wildman–Crippen LogP) is 1.67. The Labute approximate surface area is 168 Å². The van der Waals surface area contributed by atoms with Crippen molar-refractivity contribution in [2.75, 3.05) is 27.4 Å². The molecule has 0 aliphatic heterocycles. The molecule has 0 aromatic heterocycles. The first-order valence-electron chi connectivity index (χ1n) is 8.31. The molecule has 148 valence electrons. The fourth-order valence-electron chi connectivity index (χ4n) is 2.14. The van der Waals surface area contributed by atoms with E-state index >= 15 is 0 Å². The van der Waals surface area contributed by atoms with Gasteiger partial charge in [0.05, 0.1) is 19.3 Å². The fraction of sp³-hybridized carbons (Fsp3) is 0.211. The third-order valence-electron chi connectivity index (χ3n) is 3.55. The number of carbonyl (C=O) groups excluding carboxylic acids is 2. The number of carbonyl (C=O) groups is 2. The number of hydrogen-bond acceptors (Lipinski definition) is 6. The minimum absolute atomic E-state index is 0.0569. The Hall–Kier alpha value is -3.17. The van der Waals surface area contributed by atoms with Crippen LogP contribution in [0.5, 0.6) is 11.5 Å². The van der Waals surface area contributed by atoms with Crippen molar-refractivity contribution in [3.63, 3.8) is 0 Å². The third kappa shape index (κ3) is 6.22. The Balaban J connectivity index is 1.88. The van der Waals surface area contributed by atoms with Crippen LogP contribution in [-0.4, -0.2) is 44.4 Å². The summed E-state index contributed by atoms with van der Waals surface area (Å²) in [6.07, 6.45) is 0. The lowest BCUT2D eigenvalue weighted by Gasteiger charge is -2.13. The van der Waals surface area contributed by atoms with E-state index in [0.29, 0.717) is 35.8 Å². The summed E-state index contributed by atoms with van der Waals surface area (Å²) < 4.78 is 15.5. The molecule has 2 rings (SSSR count). The second-order valence-electron chi connectivity index (χ2n) is 5.43. The average molecular weight is 403 g/mol. The van der Waals surface area contributed by atoms with Gasteiger partial charge in [-0.25, -0.2) is 0 Å². The monoisotopic (exact) mass is 403 g/mol. The molecule has 8 nitrogen and oxygen atoms in total. The molecule has 9 heteroatoms. The van der Waals surface area contributed by atoms with Crippen LogP contribution in [0.3, 0.4) is 0 Å². The van der Waals surface area contributed by atoms with Crippen LogP contribution < -0.4 is 25.6 Å². The Morgan fingerprint density at radius 2 is 1.64 bits per heavy atom. The van der Waals surface area contributed by atoms with Crippen LogP contribution in [0, 0.1) is 0 Å². The van der Waals surface area contributed by atoms with E-state index in [0.717, 1.165) is 0 Å². The van der Waals surface area contributed by atoms with Gasteiger partial charge in [0.15, 0.2) is 5.11 Å². The second-order valence-corrected chi connectivity index (χ2v) is 5.84. The van der Waals surface area contributed by atoms with E-state index in [-0.39, 0.29) is 5.11 Å². The lowest BCUT2D eigenvalue weighted by Crippen LogP contribution is -2.48. The van der Waals surface area contributed by atoms with Crippen LogP contribution in [0.25, 0.3) is 0 Å². The van der Waals surface area contributed by atoms with Gasteiger partial charge in [-0.2, -0.15) is 0 Å². The van der Waals surface area contributed by atoms with Gasteiger partial charge in [-0.1, -0.05) is 12.1 Å². The Morgan fingerprint density at radius 1 is 0.929 bits per heavy atom. The molecule has 0 bridgehead atoms. The van der Waals surface area contributed by atoms with Gasteiger partial charge in [0.2, 0.25) is 0 Å². The number of rotatable bonds is 7. The van der Waals surface area contributed by atoms with E-state index in [2.05, 4.69) is 16.2 Å². The van der Waals surface area contributed by atoms with E-state index in [1.165, 1.54) is 0 Å². The quantitative estimate of drug-likeness (QED) is 0.368. The molecular weight excluding hydrogens is 382 g/mol. The van der Waals surface area contributed by atoms with Crippen LogP contribution in [0.1, 0.15) is 20.7 Å². The zero-order valence-electron chi connectivity index (χ0n) is 15.5. The number of nitrogens with one attached hydrogen (secondary N) is 3. The summed E-state index contributed by atoms with van der Waals surface area (Å²) in [6, 6.07) is 13.3. The second kappa shape index (κ2) is 10.9. The van der Waals surface area contributed by atoms with Crippen LogP contribution in [0.4, 0.5) is 0 Å². The van der Waals surface area contributed by atoms with Gasteiger partial charge in [0.25, 0.3) is 11.8 Å². The van der Waals surface area contributed by atoms with Crippen molar-refractivity contribution < 1.29 is 23.8 Å². The van der Waals surface area contributed by atoms with Crippen molar-refractivity contribution in [2.24, 2.45) is 0 Å². The van der Waals surface area contributed by atoms with Gasteiger partial charge in [-0.15, -0.1) is 0 Å². The van der Waals surface area contributed by atoms with Crippen molar-refractivity contribution in [1.82, 2.24) is 16.2 Å². The van der Waals surface area contributed by atoms with Crippen molar-refractivity contribution in [3.05, 3.63) is 59.7 Å². The molecule has 0 aliphatic rings. The minimum atomic E-state index is -0.468. The number of methoxy groups -OCH3 is 2. The lowest BCUT2D eigenvalue weighted by atomic mass is 10.2. The first kappa shape index (κ1) is 21.1. The predicted molar refractivity (Wildman–Crippen MR) is 107 cm³/mol. The molecule has 0 saturated carbocycles. The SMILES string of the molecule is COCCOc1ccccc1C(=O)NC(=S)NNC(=O)c1ccc(OC)cc1. The summed E-state index contributed by atoms with van der Waals surface area (Å²) in [7, 11) is 3.10. The Bertz CT molecular complexity index is 827. The number of hydrazine groups is 1. The summed E-state index contributed by atoms with van der Waals surface area (Å²) in [6.45, 7) is 0.703. The summed E-state index contributed by atoms with van der Waals surface area (Å²) in [5, 5.41) is 2.43. The van der Waals surface area contributed by atoms with Crippen LogP contribution in [-0.2, 0) is 4.74 Å². The van der Waals surface area contributed by atoms with Crippen molar-refractivity contribution >= 4 is 29.1 Å². The number of ether oxygens (including phenoxy) is 3. The van der Waals surface area contributed by atoms with Crippen molar-refractivity contribution in [1.29, 1.82) is 0 Å². The highest BCUT2D eigenvalue weighted by Crippen LogP contribution is 2.17. The Kier molecular flexibility index (Phi) is 8.19. The van der Waals surface area contributed by atoms with E-state index < -0.39 is 11.8 Å². The van der Waals surface area contributed by atoms with E-state index in [1.54, 1.807) is 62.8 Å². The molecule has 0 unspecified atom stereocenters. The Morgan fingerprint density at radius 3 is 2.32 bits per heavy atom. The van der Waals surface area contributed by atoms with Crippen molar-refractivity contribution in [3.8, 4) is 11.5 Å². The maximum atomic E-state index is 12.4. The normalized spacial score (nSPS) is 9.93. The molecule has 0 heterocycles. The third-order valence-corrected chi connectivity index (χ3v) is 3.75. The summed E-state index contributed by atoms with van der Waals surface area (Å²) in [4.78, 5) is 24.5. The number of amides is 2. The number of thiocarbonyl (C=S) groups is 1. The molecule has 2 amide bonds. The molecular formula is C19H21N3O5S. The molecule has 3 N–H and O–H groups in total. The van der Waals surface area contributed by atoms with Gasteiger partial charge >= 0.3 is 0 Å². The van der Waals surface area contributed by atoms with E-state index in [1.807, 2.05) is 0 Å². The summed E-state index contributed by atoms with van der Waals surface area (Å²) in [5.74, 6) is 0.160. The molecule has 0 fully saturated rings. The molecule has 0 saturated heterocycles. The molecule has 0 atom stereocenters. The number of hydrogen-bond donors (Lipinski definition) is 3. The smallest absolute Gasteiger partial charge is 0.269 e. The molecule has 2 aromatic rings. The van der Waals surface area contributed by atoms with Crippen LogP contribution in [0.2, 0.25) is 0 Å². The van der Waals surface area contributed by atoms with Crippen LogP contribution >= 0.6 is 12.2 Å². The minimum Gasteiger partial charge on any atom is -0.497 e. The highest BCUT2D eigenvalue weighted by molar-refractivity contribution is 7.80. The van der Waals surface area contributed by atoms with Gasteiger partial charge in [0.1, 0.15) is 18.1 Å². The highest BCUT2D eigenvalue weighted by Gasteiger charge is 2.14. The largest absolute Gasteiger partial charge is 0.497 e. The number of para-hydroxylation sites is 1. The number of benzene rings is 2. The topological polar surface area (TPSA) is 97.9 Å². The maximum Gasteiger partial charge on any atom is 0.269 e. The van der Waals surface area contributed by atoms with Gasteiger partial charge in [0, 0.05) is 12.7 Å². The lowest BCUT2D eigenvalue weighted by molar-refractivity contribution is 0.0933. The fourth-order valence-corrected chi connectivity index (χ4v) is 2.29. The zero-order chi connectivity index (χ0) is 20.4. The first-order chi connectivity index (χ1) is 13.5. The standard InChI is InChI=1S/C19H21N3O5S/c1-25-11-12-27-16-6-4-3-5-15(16)18(24)20-19(28)22-21-17(23)13-7-9-14(26-2)10-8-13/h3-10H,11-12H2,1-2H3,(H,21,23)(H2,20,22,24,28). The zero-order valence-corrected chi connectivity index (χ0v) is 16.3. The highest BCUT2D eigenvalue weighted by atomic mass is 32.1. The maximum absolute atomic E-state index is 12.4. The molecule has 2 aromatic carbocycles. The van der Waals surface area contributed by atoms with Crippen molar-refractivity contribution in [2.45, 2.75) is 0 Å². The van der Waals surface area contributed by atoms with Crippen LogP contribution in [0.15, 0.2) is 48.5 Å². The molecule has 0 radical (unpaired) electrons. The van der Waals surface area contributed by atoms with E-state index in [9.17, 15) is 9.59 Å². The average Bonchev–Trinajstić information content (AvgIpc) is 2.72. The molecule has 0 spiro atoms. The van der Waals surface area contributed by atoms with Gasteiger partial charge in [-0.3, -0.25) is 25.8 Å². The van der Waals surface area contributed by atoms with Gasteiger partial charge in [-0.05, 0) is 48.6 Å². The van der Waals surface area contributed by atoms with Gasteiger partial charge < -0.3 is 14.2 Å². The summed E-state index contributed by atoms with van der Waals surface area (Å²) in [5.41, 5.74) is 5.62. The summed E-state index contributed by atoms with van der Waals surface area (Å²) >= 11 is 5.05. The molecule has 28 heavy (non-hydrogen) atoms. The molecule has 0 aliphatic carbocycles. The first-order valence-corrected chi connectivity index (χ1v) is 8.72.